The maximum Gasteiger partial charge on any atom is 0.315 e. The molecule has 46 heavy (non-hydrogen) atoms. The van der Waals surface area contributed by atoms with Crippen molar-refractivity contribution in [2.45, 2.75) is 95.6 Å². The summed E-state index contributed by atoms with van der Waals surface area (Å²) in [7, 11) is 2.93. The topological polar surface area (TPSA) is 181 Å². The number of carbonyl (C=O) groups excluding carboxylic acids is 3. The molecule has 2 aromatic rings. The quantitative estimate of drug-likeness (QED) is 0.149. The Bertz CT molecular complexity index is 1390. The van der Waals surface area contributed by atoms with Crippen LogP contribution in [0.4, 0.5) is 4.79 Å². The van der Waals surface area contributed by atoms with Gasteiger partial charge in [-0.25, -0.2) is 4.79 Å². The Morgan fingerprint density at radius 2 is 1.85 bits per heavy atom. The Balaban J connectivity index is 1.35. The van der Waals surface area contributed by atoms with E-state index in [2.05, 4.69) is 28.1 Å². The van der Waals surface area contributed by atoms with Gasteiger partial charge in [0.1, 0.15) is 30.1 Å². The van der Waals surface area contributed by atoms with Crippen LogP contribution in [0.1, 0.15) is 69.3 Å². The lowest BCUT2D eigenvalue weighted by molar-refractivity contribution is -0.243. The van der Waals surface area contributed by atoms with Gasteiger partial charge in [0.2, 0.25) is 0 Å². The minimum atomic E-state index is -1.65. The minimum absolute atomic E-state index is 0.0383. The number of nitrogens with zero attached hydrogens (tertiary/aromatic N) is 1. The molecule has 0 radical (unpaired) electrons. The van der Waals surface area contributed by atoms with E-state index >= 15 is 0 Å². The fourth-order valence-corrected chi connectivity index (χ4v) is 6.54. The number of amides is 3. The second-order valence-electron chi connectivity index (χ2n) is 12.3. The summed E-state index contributed by atoms with van der Waals surface area (Å²) in [4.78, 5) is 38.2. The van der Waals surface area contributed by atoms with Crippen molar-refractivity contribution in [1.82, 2.24) is 20.5 Å². The molecule has 8 atom stereocenters. The normalized spacial score (nSPS) is 28.0. The van der Waals surface area contributed by atoms with E-state index in [0.717, 1.165) is 18.4 Å². The van der Waals surface area contributed by atoms with Crippen molar-refractivity contribution in [3.05, 3.63) is 42.1 Å². The van der Waals surface area contributed by atoms with E-state index in [4.69, 9.17) is 14.2 Å². The van der Waals surface area contributed by atoms with Crippen molar-refractivity contribution in [1.29, 1.82) is 0 Å². The molecule has 0 bridgehead atoms. The lowest BCUT2D eigenvalue weighted by atomic mass is 9.88. The summed E-state index contributed by atoms with van der Waals surface area (Å²) in [6, 6.07) is 3.37. The number of methoxy groups -OCH3 is 2. The molecule has 1 aromatic heterocycles. The molecule has 8 unspecified atom stereocenters. The summed E-state index contributed by atoms with van der Waals surface area (Å²) < 4.78 is 17.7. The van der Waals surface area contributed by atoms with Crippen LogP contribution >= 0.6 is 0 Å². The van der Waals surface area contributed by atoms with Crippen molar-refractivity contribution in [2.24, 2.45) is 11.8 Å². The second-order valence-corrected chi connectivity index (χ2v) is 12.3. The molecule has 1 aromatic carbocycles. The van der Waals surface area contributed by atoms with Gasteiger partial charge in [-0.3, -0.25) is 9.59 Å². The number of aliphatic hydroxyl groups excluding tert-OH is 3. The third-order valence-corrected chi connectivity index (χ3v) is 9.08. The van der Waals surface area contributed by atoms with Gasteiger partial charge in [0.15, 0.2) is 6.29 Å². The van der Waals surface area contributed by atoms with Crippen molar-refractivity contribution in [3.63, 3.8) is 0 Å². The van der Waals surface area contributed by atoms with Crippen molar-refractivity contribution >= 4 is 28.8 Å². The molecule has 1 aliphatic heterocycles. The second kappa shape index (κ2) is 15.8. The number of benzene rings is 1. The van der Waals surface area contributed by atoms with Crippen LogP contribution < -0.4 is 20.7 Å². The van der Waals surface area contributed by atoms with Crippen molar-refractivity contribution in [2.75, 3.05) is 20.8 Å². The van der Waals surface area contributed by atoms with Gasteiger partial charge in [0, 0.05) is 42.7 Å². The molecule has 0 spiro atoms. The Morgan fingerprint density at radius 3 is 2.52 bits per heavy atom. The first-order valence-corrected chi connectivity index (χ1v) is 15.9. The molecule has 13 nitrogen and oxygen atoms in total. The average molecular weight is 645 g/mol. The first-order valence-electron chi connectivity index (χ1n) is 15.9. The van der Waals surface area contributed by atoms with Gasteiger partial charge in [-0.2, -0.15) is 0 Å². The standard InChI is InChI=1S/C33H48N4O9/c1-6-7-8-9-21-19(14-27(38)45-5)10-13-24(21)35-33(43)34-16-26-29(39)30(40)28(32(42)46-26)36-31(41)23-17-37(18(2)3)25-15-20(44-4)11-12-22(23)25/h7-8,11-12,15,17-19,21,24,26,28-30,32,39-40,42H,6,9-10,13-14,16H2,1-5H3,(H,36,41)(H2,34,35,43)/b8-7+. The van der Waals surface area contributed by atoms with Crippen LogP contribution in [0.25, 0.3) is 10.9 Å². The highest BCUT2D eigenvalue weighted by molar-refractivity contribution is 6.07. The highest BCUT2D eigenvalue weighted by atomic mass is 16.6. The molecule has 13 heteroatoms. The number of carbonyl (C=O) groups is 3. The zero-order valence-electron chi connectivity index (χ0n) is 27.1. The van der Waals surface area contributed by atoms with Crippen molar-refractivity contribution in [3.8, 4) is 5.75 Å². The number of ether oxygens (including phenoxy) is 3. The van der Waals surface area contributed by atoms with Crippen LogP contribution in [-0.4, -0.2) is 95.2 Å². The first kappa shape index (κ1) is 35.2. The van der Waals surface area contributed by atoms with Crippen LogP contribution in [-0.2, 0) is 14.3 Å². The Morgan fingerprint density at radius 1 is 1.09 bits per heavy atom. The van der Waals surface area contributed by atoms with Gasteiger partial charge >= 0.3 is 12.0 Å². The lowest BCUT2D eigenvalue weighted by Gasteiger charge is -2.41. The Kier molecular flexibility index (Phi) is 12.1. The van der Waals surface area contributed by atoms with Gasteiger partial charge < -0.3 is 50.0 Å². The van der Waals surface area contributed by atoms with Crippen LogP contribution in [0.2, 0.25) is 0 Å². The summed E-state index contributed by atoms with van der Waals surface area (Å²) in [5, 5.41) is 41.4. The van der Waals surface area contributed by atoms with E-state index in [-0.39, 0.29) is 42.9 Å². The lowest BCUT2D eigenvalue weighted by Crippen LogP contribution is -2.65. The van der Waals surface area contributed by atoms with Gasteiger partial charge in [-0.05, 0) is 63.5 Å². The molecule has 1 aliphatic carbocycles. The number of rotatable bonds is 12. The van der Waals surface area contributed by atoms with Crippen molar-refractivity contribution < 1.29 is 43.9 Å². The Hall–Kier alpha value is -3.65. The van der Waals surface area contributed by atoms with E-state index in [1.165, 1.54) is 7.11 Å². The summed E-state index contributed by atoms with van der Waals surface area (Å²) in [6.07, 6.45) is 3.28. The zero-order chi connectivity index (χ0) is 33.5. The highest BCUT2D eigenvalue weighted by Gasteiger charge is 2.45. The first-order chi connectivity index (χ1) is 22.0. The van der Waals surface area contributed by atoms with Crippen LogP contribution in [0.5, 0.6) is 5.75 Å². The van der Waals surface area contributed by atoms with E-state index < -0.39 is 42.6 Å². The van der Waals surface area contributed by atoms with Gasteiger partial charge in [-0.15, -0.1) is 0 Å². The van der Waals surface area contributed by atoms with Crippen LogP contribution in [0.3, 0.4) is 0 Å². The molecule has 6 N–H and O–H groups in total. The number of esters is 1. The highest BCUT2D eigenvalue weighted by Crippen LogP contribution is 2.37. The molecule has 2 aliphatic rings. The molecule has 4 rings (SSSR count). The van der Waals surface area contributed by atoms with Gasteiger partial charge in [-0.1, -0.05) is 19.1 Å². The molecule has 254 valence electrons. The summed E-state index contributed by atoms with van der Waals surface area (Å²) >= 11 is 0. The van der Waals surface area contributed by atoms with E-state index in [1.54, 1.807) is 25.4 Å². The smallest absolute Gasteiger partial charge is 0.315 e. The fraction of sp³-hybridized carbons (Fsp3) is 0.606. The van der Waals surface area contributed by atoms with E-state index in [1.807, 2.05) is 31.4 Å². The maximum absolute atomic E-state index is 13.4. The van der Waals surface area contributed by atoms with E-state index in [0.29, 0.717) is 29.5 Å². The Labute approximate surface area is 269 Å². The number of hydrogen-bond acceptors (Lipinski definition) is 9. The number of urea groups is 1. The predicted octanol–water partition coefficient (Wildman–Crippen LogP) is 2.38. The summed E-state index contributed by atoms with van der Waals surface area (Å²) in [6.45, 7) is 5.79. The number of aliphatic hydroxyl groups is 3. The molecule has 2 heterocycles. The summed E-state index contributed by atoms with van der Waals surface area (Å²) in [5.41, 5.74) is 1.11. The predicted molar refractivity (Wildman–Crippen MR) is 170 cm³/mol. The zero-order valence-corrected chi connectivity index (χ0v) is 27.1. The van der Waals surface area contributed by atoms with Crippen LogP contribution in [0.15, 0.2) is 36.5 Å². The SMILES string of the molecule is CC/C=C/CC1C(CC(=O)OC)CCC1NC(=O)NCC1OC(O)C(NC(=O)c2cn(C(C)C)c3cc(OC)ccc23)C(O)C1O. The minimum Gasteiger partial charge on any atom is -0.497 e. The molecule has 3 amide bonds. The summed E-state index contributed by atoms with van der Waals surface area (Å²) in [5.74, 6) is -0.0801. The van der Waals surface area contributed by atoms with E-state index in [9.17, 15) is 29.7 Å². The number of fused-ring (bicyclic) bond motifs is 1. The molecule has 1 saturated carbocycles. The molecular formula is C33H48N4O9. The van der Waals surface area contributed by atoms with Gasteiger partial charge in [0.05, 0.1) is 25.3 Å². The van der Waals surface area contributed by atoms with Gasteiger partial charge in [0.25, 0.3) is 5.91 Å². The average Bonchev–Trinajstić information content (AvgIpc) is 3.60. The fourth-order valence-electron chi connectivity index (χ4n) is 6.54. The molecule has 1 saturated heterocycles. The van der Waals surface area contributed by atoms with Crippen LogP contribution in [0, 0.1) is 11.8 Å². The molecule has 2 fully saturated rings. The number of aromatic nitrogens is 1. The maximum atomic E-state index is 13.4. The number of hydrogen-bond donors (Lipinski definition) is 6. The number of nitrogens with one attached hydrogen (secondary N) is 3. The largest absolute Gasteiger partial charge is 0.497 e. The monoisotopic (exact) mass is 644 g/mol. The third kappa shape index (κ3) is 8.00. The molecular weight excluding hydrogens is 596 g/mol. The number of allylic oxidation sites excluding steroid dienone is 2. The third-order valence-electron chi connectivity index (χ3n) is 9.08.